The second kappa shape index (κ2) is 8.19. The van der Waals surface area contributed by atoms with Crippen molar-refractivity contribution in [3.05, 3.63) is 83.2 Å². The van der Waals surface area contributed by atoms with Crippen molar-refractivity contribution in [3.8, 4) is 5.75 Å². The first kappa shape index (κ1) is 21.7. The van der Waals surface area contributed by atoms with Crippen molar-refractivity contribution in [2.75, 3.05) is 17.6 Å². The summed E-state index contributed by atoms with van der Waals surface area (Å²) in [7, 11) is -3.47. The molecule has 32 heavy (non-hydrogen) atoms. The number of nitrogens with one attached hydrogen (secondary N) is 2. The average Bonchev–Trinajstić information content (AvgIpc) is 2.75. The molecule has 0 unspecified atom stereocenters. The molecule has 166 valence electrons. The molecule has 10 heteroatoms. The third-order valence-corrected chi connectivity index (χ3v) is 5.81. The minimum absolute atomic E-state index is 0.0694. The Bertz CT molecular complexity index is 1280. The van der Waals surface area contributed by atoms with E-state index in [1.165, 1.54) is 24.4 Å². The molecular weight excluding hydrogens is 435 g/mol. The van der Waals surface area contributed by atoms with Crippen LogP contribution in [-0.4, -0.2) is 37.2 Å². The molecule has 1 aromatic carbocycles. The van der Waals surface area contributed by atoms with Gasteiger partial charge in [0.2, 0.25) is 10.0 Å². The van der Waals surface area contributed by atoms with Gasteiger partial charge in [-0.15, -0.1) is 0 Å². The lowest BCUT2D eigenvalue weighted by molar-refractivity contribution is 0.0878. The van der Waals surface area contributed by atoms with Crippen LogP contribution in [0.15, 0.2) is 54.9 Å². The Hall–Kier alpha value is -3.53. The summed E-state index contributed by atoms with van der Waals surface area (Å²) in [6.07, 6.45) is 4.19. The van der Waals surface area contributed by atoms with Gasteiger partial charge >= 0.3 is 0 Å². The van der Waals surface area contributed by atoms with Gasteiger partial charge in [-0.1, -0.05) is 12.1 Å². The summed E-state index contributed by atoms with van der Waals surface area (Å²) in [4.78, 5) is 21.7. The first-order chi connectivity index (χ1) is 15.2. The molecular formula is C22H21FN4O4S. The summed E-state index contributed by atoms with van der Waals surface area (Å²) in [5.41, 5.74) is 0.661. The summed E-state index contributed by atoms with van der Waals surface area (Å²) in [6, 6.07) is 11.1. The van der Waals surface area contributed by atoms with Crippen LogP contribution in [0.2, 0.25) is 0 Å². The molecule has 0 saturated heterocycles. The molecule has 8 nitrogen and oxygen atoms in total. The van der Waals surface area contributed by atoms with E-state index in [4.69, 9.17) is 4.74 Å². The quantitative estimate of drug-likeness (QED) is 0.611. The van der Waals surface area contributed by atoms with Gasteiger partial charge in [-0.3, -0.25) is 14.5 Å². The van der Waals surface area contributed by atoms with Gasteiger partial charge in [0, 0.05) is 12.6 Å². The second-order valence-electron chi connectivity index (χ2n) is 7.58. The monoisotopic (exact) mass is 456 g/mol. The lowest BCUT2D eigenvalue weighted by atomic mass is 9.81. The van der Waals surface area contributed by atoms with E-state index >= 15 is 0 Å². The zero-order chi connectivity index (χ0) is 22.9. The number of hydrogen-bond acceptors (Lipinski definition) is 6. The number of rotatable bonds is 5. The fourth-order valence-electron chi connectivity index (χ4n) is 3.65. The maximum Gasteiger partial charge on any atom is 0.270 e. The van der Waals surface area contributed by atoms with Gasteiger partial charge in [-0.2, -0.15) is 0 Å². The van der Waals surface area contributed by atoms with E-state index in [2.05, 4.69) is 20.0 Å². The number of aryl methyl sites for hydroxylation is 1. The largest absolute Gasteiger partial charge is 0.491 e. The Kier molecular flexibility index (Phi) is 5.55. The Labute approximate surface area is 184 Å². The van der Waals surface area contributed by atoms with Gasteiger partial charge < -0.3 is 10.1 Å². The summed E-state index contributed by atoms with van der Waals surface area (Å²) >= 11 is 0. The highest BCUT2D eigenvalue weighted by Gasteiger charge is 2.43. The third-order valence-electron chi connectivity index (χ3n) is 5.20. The van der Waals surface area contributed by atoms with E-state index in [9.17, 15) is 17.6 Å². The standard InChI is InChI=1S/C22H21FN4O4S/c1-14-5-6-15(12-17(14)23)22(9-11-31-19-4-3-10-24-20(19)22)26-21(28)18-8-7-16(13-25-18)27-32(2,29)30/h3-8,10,12-13,27H,9,11H2,1-2H3,(H,26,28)/t22-/m0/s1. The van der Waals surface area contributed by atoms with Crippen LogP contribution in [0.5, 0.6) is 5.75 Å². The van der Waals surface area contributed by atoms with Crippen molar-refractivity contribution >= 4 is 21.6 Å². The Morgan fingerprint density at radius 3 is 2.69 bits per heavy atom. The normalized spacial score (nSPS) is 17.7. The van der Waals surface area contributed by atoms with Crippen LogP contribution in [0.1, 0.15) is 33.7 Å². The van der Waals surface area contributed by atoms with Crippen LogP contribution in [0.3, 0.4) is 0 Å². The van der Waals surface area contributed by atoms with Crippen LogP contribution < -0.4 is 14.8 Å². The van der Waals surface area contributed by atoms with Crippen molar-refractivity contribution < 1.29 is 22.3 Å². The van der Waals surface area contributed by atoms with Gasteiger partial charge in [0.05, 0.1) is 24.7 Å². The number of fused-ring (bicyclic) bond motifs is 1. The predicted octanol–water partition coefficient (Wildman–Crippen LogP) is 2.75. The highest BCUT2D eigenvalue weighted by atomic mass is 32.2. The molecule has 0 radical (unpaired) electrons. The molecule has 0 bridgehead atoms. The molecule has 0 saturated carbocycles. The molecule has 4 rings (SSSR count). The Morgan fingerprint density at radius 2 is 2.00 bits per heavy atom. The van der Waals surface area contributed by atoms with E-state index in [1.807, 2.05) is 0 Å². The smallest absolute Gasteiger partial charge is 0.270 e. The van der Waals surface area contributed by atoms with Gasteiger partial charge in [0.15, 0.2) is 0 Å². The highest BCUT2D eigenvalue weighted by molar-refractivity contribution is 7.92. The molecule has 2 aromatic heterocycles. The molecule has 2 N–H and O–H groups in total. The number of pyridine rings is 2. The average molecular weight is 456 g/mol. The Balaban J connectivity index is 1.74. The number of nitrogens with zero attached hydrogens (tertiary/aromatic N) is 2. The number of hydrogen-bond donors (Lipinski definition) is 2. The molecule has 0 aliphatic carbocycles. The zero-order valence-electron chi connectivity index (χ0n) is 17.4. The van der Waals surface area contributed by atoms with E-state index in [-0.39, 0.29) is 11.4 Å². The number of benzene rings is 1. The molecule has 0 fully saturated rings. The van der Waals surface area contributed by atoms with Crippen molar-refractivity contribution in [3.63, 3.8) is 0 Å². The van der Waals surface area contributed by atoms with Crippen LogP contribution in [0, 0.1) is 12.7 Å². The van der Waals surface area contributed by atoms with Gasteiger partial charge in [-0.05, 0) is 48.4 Å². The van der Waals surface area contributed by atoms with Gasteiger partial charge in [-0.25, -0.2) is 17.8 Å². The van der Waals surface area contributed by atoms with Crippen molar-refractivity contribution in [1.82, 2.24) is 15.3 Å². The number of ether oxygens (including phenoxy) is 1. The first-order valence-corrected chi connectivity index (χ1v) is 11.7. The number of sulfonamides is 1. The van der Waals surface area contributed by atoms with E-state index < -0.39 is 27.3 Å². The maximum atomic E-state index is 14.5. The minimum Gasteiger partial charge on any atom is -0.491 e. The molecule has 0 spiro atoms. The van der Waals surface area contributed by atoms with Crippen LogP contribution in [0.4, 0.5) is 10.1 Å². The van der Waals surface area contributed by atoms with Gasteiger partial charge in [0.25, 0.3) is 5.91 Å². The molecule has 1 atom stereocenters. The highest BCUT2D eigenvalue weighted by Crippen LogP contribution is 2.41. The van der Waals surface area contributed by atoms with E-state index in [1.54, 1.807) is 37.4 Å². The van der Waals surface area contributed by atoms with Crippen molar-refractivity contribution in [2.45, 2.75) is 18.9 Å². The number of anilines is 1. The van der Waals surface area contributed by atoms with Crippen LogP contribution in [0.25, 0.3) is 0 Å². The fourth-order valence-corrected chi connectivity index (χ4v) is 4.20. The Morgan fingerprint density at radius 1 is 1.19 bits per heavy atom. The zero-order valence-corrected chi connectivity index (χ0v) is 18.2. The topological polar surface area (TPSA) is 110 Å². The molecule has 1 aliphatic rings. The molecule has 3 heterocycles. The summed E-state index contributed by atoms with van der Waals surface area (Å²) in [5, 5.41) is 2.99. The fraction of sp³-hybridized carbons (Fsp3) is 0.227. The summed E-state index contributed by atoms with van der Waals surface area (Å²) in [6.45, 7) is 1.95. The lowest BCUT2D eigenvalue weighted by Gasteiger charge is -2.39. The second-order valence-corrected chi connectivity index (χ2v) is 9.33. The van der Waals surface area contributed by atoms with Gasteiger partial charge in [0.1, 0.15) is 28.5 Å². The number of amides is 1. The van der Waals surface area contributed by atoms with E-state index in [0.717, 1.165) is 6.26 Å². The minimum atomic E-state index is -3.47. The molecule has 3 aromatic rings. The maximum absolute atomic E-state index is 14.5. The molecule has 1 amide bonds. The lowest BCUT2D eigenvalue weighted by Crippen LogP contribution is -2.50. The number of aromatic nitrogens is 2. The van der Waals surface area contributed by atoms with Crippen LogP contribution >= 0.6 is 0 Å². The predicted molar refractivity (Wildman–Crippen MR) is 116 cm³/mol. The SMILES string of the molecule is Cc1ccc([C@@]2(NC(=O)c3ccc(NS(C)(=O)=O)cn3)CCOc3cccnc32)cc1F. The van der Waals surface area contributed by atoms with Crippen LogP contribution in [-0.2, 0) is 15.6 Å². The summed E-state index contributed by atoms with van der Waals surface area (Å²) in [5.74, 6) is -0.412. The molecule has 1 aliphatic heterocycles. The number of carbonyl (C=O) groups is 1. The third kappa shape index (κ3) is 4.26. The van der Waals surface area contributed by atoms with E-state index in [0.29, 0.717) is 35.6 Å². The number of carbonyl (C=O) groups excluding carboxylic acids is 1. The van der Waals surface area contributed by atoms with Crippen molar-refractivity contribution in [1.29, 1.82) is 0 Å². The number of halogens is 1. The first-order valence-electron chi connectivity index (χ1n) is 9.79. The van der Waals surface area contributed by atoms with Crippen molar-refractivity contribution in [2.24, 2.45) is 0 Å². The summed E-state index contributed by atoms with van der Waals surface area (Å²) < 4.78 is 45.3.